The minimum Gasteiger partial charge on any atom is -0.493 e. The van der Waals surface area contributed by atoms with Gasteiger partial charge in [0.25, 0.3) is 0 Å². The van der Waals surface area contributed by atoms with Crippen molar-refractivity contribution in [3.63, 3.8) is 0 Å². The number of benzene rings is 4. The Kier molecular flexibility index (Phi) is 7.25. The van der Waals surface area contributed by atoms with E-state index in [0.717, 1.165) is 27.8 Å². The summed E-state index contributed by atoms with van der Waals surface area (Å²) in [4.78, 5) is 14.2. The molecule has 7 nitrogen and oxygen atoms in total. The first-order chi connectivity index (χ1) is 20.1. The molecule has 0 saturated carbocycles. The third-order valence-electron chi connectivity index (χ3n) is 7.51. The molecular weight excluding hydrogens is 520 g/mol. The summed E-state index contributed by atoms with van der Waals surface area (Å²) in [7, 11) is 4.71. The van der Waals surface area contributed by atoms with Crippen molar-refractivity contribution in [2.75, 3.05) is 28.1 Å². The number of ether oxygens (including phenoxy) is 6. The summed E-state index contributed by atoms with van der Waals surface area (Å²) in [5.74, 6) is 1.33. The monoisotopic (exact) mass is 550 g/mol. The van der Waals surface area contributed by atoms with Gasteiger partial charge in [-0.3, -0.25) is 4.79 Å². The fraction of sp³-hybridized carbons (Fsp3) is 0.206. The van der Waals surface area contributed by atoms with Gasteiger partial charge in [0.1, 0.15) is 0 Å². The van der Waals surface area contributed by atoms with Gasteiger partial charge in [0.05, 0.1) is 27.2 Å². The number of rotatable bonds is 8. The number of esters is 1. The van der Waals surface area contributed by atoms with Crippen LogP contribution in [0.3, 0.4) is 0 Å². The Bertz CT molecular complexity index is 1520. The standard InChI is InChI=1S/C34H30O7/c1-36-29-17-24(18-30(37-2)33(29)38-3)31-25(15-14-23-16-27-28(19-26(23)31)40-20-39-27)34(35)41-32(21-10-6-4-7-11-21)22-12-8-5-9-13-22/h4-19,25,31-32H,20H2,1-3H3/t25-,31-/m0/s1. The van der Waals surface area contributed by atoms with Gasteiger partial charge in [-0.25, -0.2) is 0 Å². The topological polar surface area (TPSA) is 72.5 Å². The first kappa shape index (κ1) is 26.3. The number of hydrogen-bond acceptors (Lipinski definition) is 7. The fourth-order valence-corrected chi connectivity index (χ4v) is 5.56. The van der Waals surface area contributed by atoms with Crippen LogP contribution in [0.4, 0.5) is 0 Å². The second-order valence-corrected chi connectivity index (χ2v) is 9.79. The van der Waals surface area contributed by atoms with Crippen molar-refractivity contribution in [2.24, 2.45) is 5.92 Å². The molecule has 0 saturated heterocycles. The molecule has 7 heteroatoms. The fourth-order valence-electron chi connectivity index (χ4n) is 5.56. The number of carbonyl (C=O) groups is 1. The van der Waals surface area contributed by atoms with E-state index < -0.39 is 17.9 Å². The Morgan fingerprint density at radius 1 is 0.780 bits per heavy atom. The Morgan fingerprint density at radius 2 is 1.37 bits per heavy atom. The maximum absolute atomic E-state index is 14.2. The van der Waals surface area contributed by atoms with E-state index in [-0.39, 0.29) is 12.8 Å². The van der Waals surface area contributed by atoms with Crippen LogP contribution in [0.15, 0.2) is 91.0 Å². The van der Waals surface area contributed by atoms with E-state index in [2.05, 4.69) is 0 Å². The minimum absolute atomic E-state index is 0.151. The maximum atomic E-state index is 14.2. The van der Waals surface area contributed by atoms with Gasteiger partial charge in [0.15, 0.2) is 29.1 Å². The molecule has 6 rings (SSSR count). The number of methoxy groups -OCH3 is 3. The molecular formula is C34H30O7. The van der Waals surface area contributed by atoms with Gasteiger partial charge in [-0.15, -0.1) is 0 Å². The Balaban J connectivity index is 1.45. The Hall–Kier alpha value is -4.91. The molecule has 0 fully saturated rings. The molecule has 41 heavy (non-hydrogen) atoms. The Labute approximate surface area is 238 Å². The molecule has 2 atom stereocenters. The van der Waals surface area contributed by atoms with Crippen molar-refractivity contribution in [1.29, 1.82) is 0 Å². The number of fused-ring (bicyclic) bond motifs is 2. The van der Waals surface area contributed by atoms with Crippen LogP contribution in [0.1, 0.15) is 39.8 Å². The van der Waals surface area contributed by atoms with Gasteiger partial charge in [-0.05, 0) is 52.1 Å². The normalized spacial score (nSPS) is 16.7. The first-order valence-electron chi connectivity index (χ1n) is 13.3. The average molecular weight is 551 g/mol. The molecule has 0 bridgehead atoms. The van der Waals surface area contributed by atoms with Crippen LogP contribution < -0.4 is 23.7 Å². The molecule has 0 unspecified atom stereocenters. The van der Waals surface area contributed by atoms with E-state index in [1.54, 1.807) is 21.3 Å². The van der Waals surface area contributed by atoms with Crippen molar-refractivity contribution >= 4 is 12.0 Å². The molecule has 0 N–H and O–H groups in total. The molecule has 1 aliphatic carbocycles. The summed E-state index contributed by atoms with van der Waals surface area (Å²) in [6.07, 6.45) is 3.27. The number of carbonyl (C=O) groups excluding carboxylic acids is 1. The second kappa shape index (κ2) is 11.3. The molecule has 1 aliphatic heterocycles. The molecule has 2 aliphatic rings. The predicted molar refractivity (Wildman–Crippen MR) is 154 cm³/mol. The third kappa shape index (κ3) is 4.95. The average Bonchev–Trinajstić information content (AvgIpc) is 3.49. The minimum atomic E-state index is -0.652. The molecule has 0 aromatic heterocycles. The molecule has 1 heterocycles. The van der Waals surface area contributed by atoms with E-state index in [4.69, 9.17) is 28.4 Å². The molecule has 0 spiro atoms. The predicted octanol–water partition coefficient (Wildman–Crippen LogP) is 6.55. The summed E-state index contributed by atoms with van der Waals surface area (Å²) in [5.41, 5.74) is 4.42. The van der Waals surface area contributed by atoms with Crippen LogP contribution in [-0.2, 0) is 9.53 Å². The summed E-state index contributed by atoms with van der Waals surface area (Å²) < 4.78 is 34.6. The summed E-state index contributed by atoms with van der Waals surface area (Å²) >= 11 is 0. The molecule has 0 amide bonds. The SMILES string of the molecule is COc1cc([C@@H]2c3cc4c(cc3C=C[C@@H]2C(=O)OC(c2ccccc2)c2ccccc2)OCO4)cc(OC)c1OC. The van der Waals surface area contributed by atoms with Gasteiger partial charge in [0.2, 0.25) is 12.5 Å². The zero-order chi connectivity index (χ0) is 28.3. The molecule has 0 radical (unpaired) electrons. The van der Waals surface area contributed by atoms with Crippen molar-refractivity contribution < 1.29 is 33.2 Å². The van der Waals surface area contributed by atoms with Gasteiger partial charge in [-0.2, -0.15) is 0 Å². The van der Waals surface area contributed by atoms with Crippen molar-refractivity contribution in [3.8, 4) is 28.7 Å². The van der Waals surface area contributed by atoms with Crippen LogP contribution in [0.5, 0.6) is 28.7 Å². The lowest BCUT2D eigenvalue weighted by molar-refractivity contribution is -0.151. The lowest BCUT2D eigenvalue weighted by atomic mass is 9.75. The van der Waals surface area contributed by atoms with Gasteiger partial charge in [-0.1, -0.05) is 72.8 Å². The highest BCUT2D eigenvalue weighted by atomic mass is 16.7. The summed E-state index contributed by atoms with van der Waals surface area (Å²) in [6, 6.07) is 27.2. The van der Waals surface area contributed by atoms with E-state index in [0.29, 0.717) is 28.7 Å². The summed E-state index contributed by atoms with van der Waals surface area (Å²) in [5, 5.41) is 0. The van der Waals surface area contributed by atoms with E-state index >= 15 is 0 Å². The van der Waals surface area contributed by atoms with Gasteiger partial charge >= 0.3 is 5.97 Å². The van der Waals surface area contributed by atoms with Gasteiger partial charge < -0.3 is 28.4 Å². The number of hydrogen-bond donors (Lipinski definition) is 0. The highest BCUT2D eigenvalue weighted by Gasteiger charge is 2.38. The Morgan fingerprint density at radius 3 is 1.93 bits per heavy atom. The smallest absolute Gasteiger partial charge is 0.314 e. The highest BCUT2D eigenvalue weighted by Crippen LogP contribution is 2.49. The zero-order valence-corrected chi connectivity index (χ0v) is 23.0. The molecule has 4 aromatic rings. The third-order valence-corrected chi connectivity index (χ3v) is 7.51. The molecule has 4 aromatic carbocycles. The van der Waals surface area contributed by atoms with Gasteiger partial charge in [0, 0.05) is 5.92 Å². The van der Waals surface area contributed by atoms with Crippen LogP contribution in [-0.4, -0.2) is 34.1 Å². The second-order valence-electron chi connectivity index (χ2n) is 9.79. The lowest BCUT2D eigenvalue weighted by Gasteiger charge is -2.31. The highest BCUT2D eigenvalue weighted by molar-refractivity contribution is 5.82. The maximum Gasteiger partial charge on any atom is 0.314 e. The lowest BCUT2D eigenvalue weighted by Crippen LogP contribution is -2.28. The van der Waals surface area contributed by atoms with E-state index in [9.17, 15) is 4.79 Å². The molecule has 208 valence electrons. The van der Waals surface area contributed by atoms with Crippen LogP contribution >= 0.6 is 0 Å². The van der Waals surface area contributed by atoms with Crippen molar-refractivity contribution in [1.82, 2.24) is 0 Å². The van der Waals surface area contributed by atoms with Crippen molar-refractivity contribution in [2.45, 2.75) is 12.0 Å². The van der Waals surface area contributed by atoms with Crippen LogP contribution in [0.25, 0.3) is 6.08 Å². The van der Waals surface area contributed by atoms with Crippen LogP contribution in [0.2, 0.25) is 0 Å². The summed E-state index contributed by atoms with van der Waals surface area (Å²) in [6.45, 7) is 0.151. The van der Waals surface area contributed by atoms with E-state index in [1.807, 2.05) is 97.1 Å². The first-order valence-corrected chi connectivity index (χ1v) is 13.3. The van der Waals surface area contributed by atoms with Crippen molar-refractivity contribution in [3.05, 3.63) is 119 Å². The van der Waals surface area contributed by atoms with Crippen LogP contribution in [0, 0.1) is 5.92 Å². The zero-order valence-electron chi connectivity index (χ0n) is 23.0. The largest absolute Gasteiger partial charge is 0.493 e. The van der Waals surface area contributed by atoms with E-state index in [1.165, 1.54) is 0 Å². The quantitative estimate of drug-likeness (QED) is 0.230.